The maximum atomic E-state index is 12.9. The van der Waals surface area contributed by atoms with Crippen molar-refractivity contribution in [2.45, 2.75) is 25.3 Å². The summed E-state index contributed by atoms with van der Waals surface area (Å²) in [4.78, 5) is 18.9. The van der Waals surface area contributed by atoms with E-state index in [1.165, 1.54) is 0 Å². The Kier molecular flexibility index (Phi) is 4.71. The molecule has 1 aromatic carbocycles. The summed E-state index contributed by atoms with van der Waals surface area (Å²) >= 11 is 6.14. The molecule has 0 radical (unpaired) electrons. The molecule has 1 aliphatic rings. The van der Waals surface area contributed by atoms with Gasteiger partial charge in [0.1, 0.15) is 0 Å². The van der Waals surface area contributed by atoms with Crippen LogP contribution in [0.3, 0.4) is 0 Å². The van der Waals surface area contributed by atoms with E-state index in [0.717, 1.165) is 41.8 Å². The number of carbonyl (C=O) groups is 1. The average molecular weight is 367 g/mol. The average Bonchev–Trinajstić information content (AvgIpc) is 3.31. The summed E-state index contributed by atoms with van der Waals surface area (Å²) in [6.07, 6.45) is 7.55. The van der Waals surface area contributed by atoms with Gasteiger partial charge in [0, 0.05) is 29.5 Å². The number of benzene rings is 1. The molecular formula is C20H19ClN4O. The van der Waals surface area contributed by atoms with Gasteiger partial charge < -0.3 is 4.90 Å². The fourth-order valence-electron chi connectivity index (χ4n) is 3.58. The molecule has 0 spiro atoms. The first-order chi connectivity index (χ1) is 12.7. The minimum Gasteiger partial charge on any atom is -0.334 e. The predicted octanol–water partition coefficient (Wildman–Crippen LogP) is 4.03. The van der Waals surface area contributed by atoms with Crippen molar-refractivity contribution in [1.82, 2.24) is 20.1 Å². The van der Waals surface area contributed by atoms with Gasteiger partial charge in [-0.05, 0) is 42.2 Å². The molecule has 2 aromatic heterocycles. The van der Waals surface area contributed by atoms with Gasteiger partial charge in [0.15, 0.2) is 0 Å². The van der Waals surface area contributed by atoms with Crippen molar-refractivity contribution in [2.24, 2.45) is 0 Å². The molecule has 3 aromatic rings. The minimum atomic E-state index is 0.00986. The smallest absolute Gasteiger partial charge is 0.227 e. The highest BCUT2D eigenvalue weighted by atomic mass is 35.5. The summed E-state index contributed by atoms with van der Waals surface area (Å²) in [6.45, 7) is 0.762. The number of likely N-dealkylation sites (tertiary alicyclic amines) is 1. The molecule has 1 fully saturated rings. The normalized spacial score (nSPS) is 16.8. The zero-order chi connectivity index (χ0) is 17.9. The summed E-state index contributed by atoms with van der Waals surface area (Å²) in [5.41, 5.74) is 3.92. The molecule has 1 saturated heterocycles. The first-order valence-electron chi connectivity index (χ1n) is 8.70. The number of rotatable bonds is 4. The molecular weight excluding hydrogens is 348 g/mol. The summed E-state index contributed by atoms with van der Waals surface area (Å²) in [5.74, 6) is 0.118. The van der Waals surface area contributed by atoms with Crippen LogP contribution in [0.1, 0.15) is 30.1 Å². The lowest BCUT2D eigenvalue weighted by Gasteiger charge is -2.25. The lowest BCUT2D eigenvalue weighted by Crippen LogP contribution is -2.32. The molecule has 1 atom stereocenters. The second kappa shape index (κ2) is 7.30. The SMILES string of the molecule is O=C(Cc1cccnc1)N1CCC[C@H]1c1[nH]ncc1-c1cccc(Cl)c1. The van der Waals surface area contributed by atoms with Crippen LogP contribution in [0.25, 0.3) is 11.1 Å². The quantitative estimate of drug-likeness (QED) is 0.758. The fourth-order valence-corrected chi connectivity index (χ4v) is 3.77. The first kappa shape index (κ1) is 16.8. The third kappa shape index (κ3) is 3.35. The number of aromatic nitrogens is 3. The second-order valence-corrected chi connectivity index (χ2v) is 6.93. The van der Waals surface area contributed by atoms with E-state index in [-0.39, 0.29) is 11.9 Å². The Balaban J connectivity index is 1.60. The zero-order valence-electron chi connectivity index (χ0n) is 14.2. The summed E-state index contributed by atoms with van der Waals surface area (Å²) < 4.78 is 0. The number of hydrogen-bond donors (Lipinski definition) is 1. The Morgan fingerprint density at radius 1 is 1.27 bits per heavy atom. The van der Waals surface area contributed by atoms with Crippen LogP contribution in [0.15, 0.2) is 55.0 Å². The molecule has 132 valence electrons. The van der Waals surface area contributed by atoms with Crippen molar-refractivity contribution in [3.05, 3.63) is 71.3 Å². The van der Waals surface area contributed by atoms with Gasteiger partial charge >= 0.3 is 0 Å². The highest BCUT2D eigenvalue weighted by Crippen LogP contribution is 2.37. The third-order valence-electron chi connectivity index (χ3n) is 4.79. The lowest BCUT2D eigenvalue weighted by molar-refractivity contribution is -0.131. The van der Waals surface area contributed by atoms with Crippen LogP contribution >= 0.6 is 11.6 Å². The number of amides is 1. The van der Waals surface area contributed by atoms with E-state index in [4.69, 9.17) is 11.6 Å². The number of carbonyl (C=O) groups excluding carboxylic acids is 1. The van der Waals surface area contributed by atoms with Gasteiger partial charge in [-0.3, -0.25) is 14.9 Å². The number of H-pyrrole nitrogens is 1. The van der Waals surface area contributed by atoms with Crippen molar-refractivity contribution in [2.75, 3.05) is 6.54 Å². The molecule has 6 heteroatoms. The van der Waals surface area contributed by atoms with Crippen molar-refractivity contribution in [3.8, 4) is 11.1 Å². The van der Waals surface area contributed by atoms with E-state index in [2.05, 4.69) is 15.2 Å². The molecule has 1 amide bonds. The molecule has 1 aliphatic heterocycles. The number of nitrogens with one attached hydrogen (secondary N) is 1. The summed E-state index contributed by atoms with van der Waals surface area (Å²) in [7, 11) is 0. The van der Waals surface area contributed by atoms with Crippen LogP contribution in [0, 0.1) is 0 Å². The van der Waals surface area contributed by atoms with Crippen LogP contribution in [0.2, 0.25) is 5.02 Å². The van der Waals surface area contributed by atoms with Crippen LogP contribution in [0.5, 0.6) is 0 Å². The fraction of sp³-hybridized carbons (Fsp3) is 0.250. The number of nitrogens with zero attached hydrogens (tertiary/aromatic N) is 3. The number of halogens is 1. The van der Waals surface area contributed by atoms with E-state index >= 15 is 0 Å². The largest absolute Gasteiger partial charge is 0.334 e. The first-order valence-corrected chi connectivity index (χ1v) is 9.08. The zero-order valence-corrected chi connectivity index (χ0v) is 15.0. The highest BCUT2D eigenvalue weighted by Gasteiger charge is 2.32. The molecule has 5 nitrogen and oxygen atoms in total. The Morgan fingerprint density at radius 3 is 3.00 bits per heavy atom. The van der Waals surface area contributed by atoms with Crippen LogP contribution in [0.4, 0.5) is 0 Å². The standard InChI is InChI=1S/C20H19ClN4O/c21-16-6-1-5-15(11-16)17-13-23-24-20(17)18-7-3-9-25(18)19(26)10-14-4-2-8-22-12-14/h1-2,4-6,8,11-13,18H,3,7,9-10H2,(H,23,24)/t18-/m0/s1. The third-order valence-corrected chi connectivity index (χ3v) is 5.02. The van der Waals surface area contributed by atoms with Crippen molar-refractivity contribution in [1.29, 1.82) is 0 Å². The van der Waals surface area contributed by atoms with Gasteiger partial charge in [0.05, 0.1) is 24.4 Å². The molecule has 0 aliphatic carbocycles. The van der Waals surface area contributed by atoms with Crippen LogP contribution in [-0.4, -0.2) is 32.5 Å². The minimum absolute atomic E-state index is 0.00986. The molecule has 3 heterocycles. The molecule has 26 heavy (non-hydrogen) atoms. The predicted molar refractivity (Wildman–Crippen MR) is 101 cm³/mol. The highest BCUT2D eigenvalue weighted by molar-refractivity contribution is 6.30. The Bertz CT molecular complexity index is 909. The van der Waals surface area contributed by atoms with Crippen molar-refractivity contribution < 1.29 is 4.79 Å². The van der Waals surface area contributed by atoms with Gasteiger partial charge in [-0.2, -0.15) is 5.10 Å². The van der Waals surface area contributed by atoms with Crippen molar-refractivity contribution >= 4 is 17.5 Å². The molecule has 0 saturated carbocycles. The van der Waals surface area contributed by atoms with Crippen LogP contribution < -0.4 is 0 Å². The molecule has 1 N–H and O–H groups in total. The van der Waals surface area contributed by atoms with Gasteiger partial charge in [0.2, 0.25) is 5.91 Å². The van der Waals surface area contributed by atoms with E-state index < -0.39 is 0 Å². The Hall–Kier alpha value is -2.66. The maximum absolute atomic E-state index is 12.9. The monoisotopic (exact) mass is 366 g/mol. The van der Waals surface area contributed by atoms with Gasteiger partial charge in [-0.25, -0.2) is 0 Å². The lowest BCUT2D eigenvalue weighted by atomic mass is 10.0. The van der Waals surface area contributed by atoms with Crippen molar-refractivity contribution in [3.63, 3.8) is 0 Å². The maximum Gasteiger partial charge on any atom is 0.227 e. The van der Waals surface area contributed by atoms with E-state index in [1.807, 2.05) is 47.5 Å². The molecule has 0 bridgehead atoms. The number of hydrogen-bond acceptors (Lipinski definition) is 3. The summed E-state index contributed by atoms with van der Waals surface area (Å²) in [5, 5.41) is 8.04. The Labute approximate surface area is 157 Å². The number of aromatic amines is 1. The second-order valence-electron chi connectivity index (χ2n) is 6.49. The molecule has 4 rings (SSSR count). The Morgan fingerprint density at radius 2 is 2.19 bits per heavy atom. The summed E-state index contributed by atoms with van der Waals surface area (Å²) in [6, 6.07) is 11.5. The van der Waals surface area contributed by atoms with Gasteiger partial charge in [0.25, 0.3) is 0 Å². The van der Waals surface area contributed by atoms with E-state index in [9.17, 15) is 4.79 Å². The van der Waals surface area contributed by atoms with Crippen LogP contribution in [-0.2, 0) is 11.2 Å². The van der Waals surface area contributed by atoms with E-state index in [1.54, 1.807) is 12.4 Å². The topological polar surface area (TPSA) is 61.9 Å². The van der Waals surface area contributed by atoms with Gasteiger partial charge in [-0.1, -0.05) is 29.8 Å². The molecule has 0 unspecified atom stereocenters. The van der Waals surface area contributed by atoms with E-state index in [0.29, 0.717) is 11.4 Å². The van der Waals surface area contributed by atoms with Gasteiger partial charge in [-0.15, -0.1) is 0 Å². The number of pyridine rings is 1.